The summed E-state index contributed by atoms with van der Waals surface area (Å²) in [7, 11) is 0. The molecule has 1 spiro atoms. The summed E-state index contributed by atoms with van der Waals surface area (Å²) in [6.45, 7) is -0.213. The zero-order chi connectivity index (χ0) is 15.3. The van der Waals surface area contributed by atoms with Gasteiger partial charge in [0.2, 0.25) is 0 Å². The third-order valence-corrected chi connectivity index (χ3v) is 4.66. The van der Waals surface area contributed by atoms with Crippen molar-refractivity contribution in [2.45, 2.75) is 56.0 Å². The molecule has 3 aliphatic rings. The Morgan fingerprint density at radius 3 is 2.68 bits per heavy atom. The maximum Gasteiger partial charge on any atom is 0.330 e. The van der Waals surface area contributed by atoms with Crippen LogP contribution in [-0.4, -0.2) is 45.4 Å². The van der Waals surface area contributed by atoms with E-state index in [9.17, 15) is 14.7 Å². The summed E-state index contributed by atoms with van der Waals surface area (Å²) < 4.78 is 19.2. The van der Waals surface area contributed by atoms with Crippen LogP contribution in [-0.2, 0) is 14.2 Å². The maximum atomic E-state index is 12.0. The van der Waals surface area contributed by atoms with Gasteiger partial charge in [0.1, 0.15) is 18.3 Å². The lowest BCUT2D eigenvalue weighted by Crippen LogP contribution is -2.37. The summed E-state index contributed by atoms with van der Waals surface area (Å²) in [5.41, 5.74) is -1.03. The van der Waals surface area contributed by atoms with E-state index < -0.39 is 41.6 Å². The second-order valence-corrected chi connectivity index (χ2v) is 6.05. The van der Waals surface area contributed by atoms with Crippen molar-refractivity contribution in [1.29, 1.82) is 0 Å². The van der Waals surface area contributed by atoms with Gasteiger partial charge in [0, 0.05) is 25.1 Å². The van der Waals surface area contributed by atoms with Crippen LogP contribution < -0.4 is 11.2 Å². The van der Waals surface area contributed by atoms with Gasteiger partial charge in [0.25, 0.3) is 5.56 Å². The fourth-order valence-electron chi connectivity index (χ4n) is 3.65. The molecule has 1 aromatic rings. The molecule has 0 amide bonds. The second kappa shape index (κ2) is 5.02. The first-order valence-corrected chi connectivity index (χ1v) is 7.55. The molecule has 2 saturated heterocycles. The van der Waals surface area contributed by atoms with Gasteiger partial charge in [0.15, 0.2) is 12.0 Å². The minimum Gasteiger partial charge on any atom is -0.394 e. The minimum atomic E-state index is -0.716. The average Bonchev–Trinajstić information content (AvgIpc) is 3.16. The first-order valence-electron chi connectivity index (χ1n) is 7.55. The molecule has 0 aromatic carbocycles. The van der Waals surface area contributed by atoms with E-state index in [0.717, 1.165) is 25.7 Å². The van der Waals surface area contributed by atoms with E-state index in [4.69, 9.17) is 14.2 Å². The molecular weight excluding hydrogens is 292 g/mol. The van der Waals surface area contributed by atoms with Gasteiger partial charge in [-0.15, -0.1) is 0 Å². The van der Waals surface area contributed by atoms with E-state index in [1.165, 1.54) is 16.8 Å². The highest BCUT2D eigenvalue weighted by Gasteiger charge is 2.59. The standard InChI is InChI=1S/C14H18N2O6/c17-7-8-10-11(22-14(21-10)4-1-2-5-14)12(20-8)16-6-3-9(18)15-13(16)19/h3,6,8,10-12,17H,1-2,4-5,7H2,(H,15,18,19)/t8?,10-,11-,12-/m1/s1. The van der Waals surface area contributed by atoms with E-state index in [0.29, 0.717) is 0 Å². The van der Waals surface area contributed by atoms with Crippen LogP contribution in [0, 0.1) is 0 Å². The zero-order valence-electron chi connectivity index (χ0n) is 11.9. The summed E-state index contributed by atoms with van der Waals surface area (Å²) in [4.78, 5) is 25.4. The molecule has 0 bridgehead atoms. The van der Waals surface area contributed by atoms with E-state index in [1.54, 1.807) is 0 Å². The van der Waals surface area contributed by atoms with Crippen molar-refractivity contribution in [1.82, 2.24) is 9.55 Å². The van der Waals surface area contributed by atoms with Crippen LogP contribution in [0.1, 0.15) is 31.9 Å². The Hall–Kier alpha value is -1.48. The molecule has 22 heavy (non-hydrogen) atoms. The first kappa shape index (κ1) is 14.1. The van der Waals surface area contributed by atoms with E-state index in [1.807, 2.05) is 0 Å². The Balaban J connectivity index is 1.69. The van der Waals surface area contributed by atoms with Crippen molar-refractivity contribution >= 4 is 0 Å². The third-order valence-electron chi connectivity index (χ3n) is 4.66. The van der Waals surface area contributed by atoms with Gasteiger partial charge in [-0.2, -0.15) is 0 Å². The lowest BCUT2D eigenvalue weighted by atomic mass is 10.1. The summed E-state index contributed by atoms with van der Waals surface area (Å²) in [6, 6.07) is 1.26. The molecule has 1 aliphatic carbocycles. The highest BCUT2D eigenvalue weighted by Crippen LogP contribution is 2.48. The lowest BCUT2D eigenvalue weighted by Gasteiger charge is -2.27. The number of nitrogens with one attached hydrogen (secondary N) is 1. The Kier molecular flexibility index (Phi) is 3.23. The number of ether oxygens (including phenoxy) is 3. The van der Waals surface area contributed by atoms with Gasteiger partial charge in [-0.05, 0) is 12.8 Å². The van der Waals surface area contributed by atoms with Crippen LogP contribution in [0.15, 0.2) is 21.9 Å². The lowest BCUT2D eigenvalue weighted by molar-refractivity contribution is -0.216. The average molecular weight is 310 g/mol. The van der Waals surface area contributed by atoms with Gasteiger partial charge in [-0.25, -0.2) is 4.79 Å². The summed E-state index contributed by atoms with van der Waals surface area (Å²) in [5.74, 6) is -0.615. The Bertz CT molecular complexity index is 676. The van der Waals surface area contributed by atoms with Crippen LogP contribution in [0.5, 0.6) is 0 Å². The van der Waals surface area contributed by atoms with E-state index >= 15 is 0 Å². The smallest absolute Gasteiger partial charge is 0.330 e. The molecular formula is C14H18N2O6. The number of aliphatic hydroxyl groups is 1. The molecule has 2 aliphatic heterocycles. The van der Waals surface area contributed by atoms with Gasteiger partial charge in [-0.3, -0.25) is 14.3 Å². The van der Waals surface area contributed by atoms with Gasteiger partial charge in [0.05, 0.1) is 6.61 Å². The number of nitrogens with zero attached hydrogens (tertiary/aromatic N) is 1. The number of aromatic amines is 1. The van der Waals surface area contributed by atoms with Crippen LogP contribution in [0.3, 0.4) is 0 Å². The summed E-state index contributed by atoms with van der Waals surface area (Å²) in [6.07, 6.45) is 2.93. The van der Waals surface area contributed by atoms with E-state index in [-0.39, 0.29) is 6.61 Å². The van der Waals surface area contributed by atoms with Crippen LogP contribution in [0.2, 0.25) is 0 Å². The van der Waals surface area contributed by atoms with Crippen molar-refractivity contribution in [3.8, 4) is 0 Å². The molecule has 4 atom stereocenters. The molecule has 120 valence electrons. The fourth-order valence-corrected chi connectivity index (χ4v) is 3.65. The third kappa shape index (κ3) is 2.06. The van der Waals surface area contributed by atoms with Crippen molar-refractivity contribution in [2.24, 2.45) is 0 Å². The van der Waals surface area contributed by atoms with Crippen molar-refractivity contribution in [3.05, 3.63) is 33.1 Å². The molecule has 8 nitrogen and oxygen atoms in total. The van der Waals surface area contributed by atoms with Gasteiger partial charge in [-0.1, -0.05) is 0 Å². The number of fused-ring (bicyclic) bond motifs is 1. The topological polar surface area (TPSA) is 103 Å². The van der Waals surface area contributed by atoms with Gasteiger partial charge < -0.3 is 19.3 Å². The number of H-pyrrole nitrogens is 1. The number of rotatable bonds is 2. The summed E-state index contributed by atoms with van der Waals surface area (Å²) >= 11 is 0. The predicted molar refractivity (Wildman–Crippen MR) is 73.3 cm³/mol. The highest BCUT2D eigenvalue weighted by molar-refractivity contribution is 5.00. The highest BCUT2D eigenvalue weighted by atomic mass is 16.8. The van der Waals surface area contributed by atoms with Crippen LogP contribution in [0.25, 0.3) is 0 Å². The predicted octanol–water partition coefficient (Wildman–Crippen LogP) is -0.519. The van der Waals surface area contributed by atoms with Crippen LogP contribution in [0.4, 0.5) is 0 Å². The Labute approximate surface area is 125 Å². The summed E-state index contributed by atoms with van der Waals surface area (Å²) in [5, 5.41) is 9.52. The molecule has 3 fully saturated rings. The number of aliphatic hydroxyl groups excluding tert-OH is 1. The normalized spacial score (nSPS) is 36.0. The molecule has 1 aromatic heterocycles. The minimum absolute atomic E-state index is 0.213. The number of aromatic nitrogens is 2. The SMILES string of the molecule is O=c1ccn([C@@H]2OC(CO)[C@H]3OC4(CCCC4)O[C@H]32)c(=O)[nH]1. The van der Waals surface area contributed by atoms with Crippen molar-refractivity contribution < 1.29 is 19.3 Å². The number of hydrogen-bond acceptors (Lipinski definition) is 6. The second-order valence-electron chi connectivity index (χ2n) is 6.05. The first-order chi connectivity index (χ1) is 10.6. The molecule has 2 N–H and O–H groups in total. The Morgan fingerprint density at radius 1 is 1.27 bits per heavy atom. The van der Waals surface area contributed by atoms with Crippen LogP contribution >= 0.6 is 0 Å². The number of hydrogen-bond donors (Lipinski definition) is 2. The molecule has 0 radical (unpaired) electrons. The molecule has 4 rings (SSSR count). The maximum absolute atomic E-state index is 12.0. The van der Waals surface area contributed by atoms with Crippen molar-refractivity contribution in [3.63, 3.8) is 0 Å². The van der Waals surface area contributed by atoms with Crippen molar-refractivity contribution in [2.75, 3.05) is 6.61 Å². The van der Waals surface area contributed by atoms with Gasteiger partial charge >= 0.3 is 5.69 Å². The fraction of sp³-hybridized carbons (Fsp3) is 0.714. The molecule has 1 saturated carbocycles. The van der Waals surface area contributed by atoms with E-state index in [2.05, 4.69) is 4.98 Å². The monoisotopic (exact) mass is 310 g/mol. The molecule has 8 heteroatoms. The largest absolute Gasteiger partial charge is 0.394 e. The quantitative estimate of drug-likeness (QED) is 0.762. The molecule has 1 unspecified atom stereocenters. The Morgan fingerprint density at radius 2 is 2.00 bits per heavy atom. The zero-order valence-corrected chi connectivity index (χ0v) is 11.9. The molecule has 3 heterocycles.